The van der Waals surface area contributed by atoms with Gasteiger partial charge in [0.15, 0.2) is 0 Å². The zero-order valence-corrected chi connectivity index (χ0v) is 13.8. The molecule has 4 nitrogen and oxygen atoms in total. The van der Waals surface area contributed by atoms with Gasteiger partial charge in [-0.05, 0) is 35.9 Å². The zero-order valence-electron chi connectivity index (χ0n) is 11.4. The van der Waals surface area contributed by atoms with E-state index < -0.39 is 17.9 Å². The molecule has 2 aromatic carbocycles. The fourth-order valence-corrected chi connectivity index (χ4v) is 2.45. The third kappa shape index (κ3) is 4.58. The molecule has 0 aliphatic heterocycles. The molecule has 0 radical (unpaired) electrons. The summed E-state index contributed by atoms with van der Waals surface area (Å²) in [6.45, 7) is 0. The number of halogens is 2. The van der Waals surface area contributed by atoms with Crippen LogP contribution in [0.5, 0.6) is 0 Å². The Kier molecular flexibility index (Phi) is 5.57. The van der Waals surface area contributed by atoms with Gasteiger partial charge >= 0.3 is 5.97 Å². The topological polar surface area (TPSA) is 66.4 Å². The molecule has 0 fully saturated rings. The maximum absolute atomic E-state index is 12.1. The fourth-order valence-electron chi connectivity index (χ4n) is 1.93. The minimum Gasteiger partial charge on any atom is -0.480 e. The van der Waals surface area contributed by atoms with Gasteiger partial charge in [-0.3, -0.25) is 4.79 Å². The van der Waals surface area contributed by atoms with Gasteiger partial charge in [0, 0.05) is 21.5 Å². The Morgan fingerprint density at radius 2 is 1.86 bits per heavy atom. The number of carbonyl (C=O) groups excluding carboxylic acids is 1. The molecular weight excluding hydrogens is 370 g/mol. The van der Waals surface area contributed by atoms with Crippen LogP contribution in [0.4, 0.5) is 0 Å². The van der Waals surface area contributed by atoms with Crippen LogP contribution in [0.3, 0.4) is 0 Å². The zero-order chi connectivity index (χ0) is 16.1. The average Bonchev–Trinajstić information content (AvgIpc) is 2.48. The maximum Gasteiger partial charge on any atom is 0.326 e. The van der Waals surface area contributed by atoms with Crippen LogP contribution in [0.1, 0.15) is 15.9 Å². The summed E-state index contributed by atoms with van der Waals surface area (Å²) in [4.78, 5) is 23.5. The second-order valence-corrected chi connectivity index (χ2v) is 6.06. The SMILES string of the molecule is O=C(N[C@H](Cc1ccc(Cl)cc1)C(=O)O)c1cccc(Br)c1. The smallest absolute Gasteiger partial charge is 0.326 e. The second kappa shape index (κ2) is 7.42. The van der Waals surface area contributed by atoms with Crippen molar-refractivity contribution >= 4 is 39.4 Å². The number of carboxylic acid groups (broad SMARTS) is 1. The van der Waals surface area contributed by atoms with E-state index in [1.165, 1.54) is 0 Å². The van der Waals surface area contributed by atoms with E-state index in [9.17, 15) is 14.7 Å². The molecule has 1 atom stereocenters. The summed E-state index contributed by atoms with van der Waals surface area (Å²) in [5, 5.41) is 12.4. The molecule has 2 N–H and O–H groups in total. The van der Waals surface area contributed by atoms with Crippen molar-refractivity contribution in [1.82, 2.24) is 5.32 Å². The highest BCUT2D eigenvalue weighted by Gasteiger charge is 2.21. The van der Waals surface area contributed by atoms with Crippen LogP contribution in [-0.4, -0.2) is 23.0 Å². The van der Waals surface area contributed by atoms with E-state index in [0.717, 1.165) is 10.0 Å². The Balaban J connectivity index is 2.10. The lowest BCUT2D eigenvalue weighted by Crippen LogP contribution is -2.42. The summed E-state index contributed by atoms with van der Waals surface area (Å²) >= 11 is 9.08. The molecule has 1 amide bonds. The van der Waals surface area contributed by atoms with Crippen molar-refractivity contribution in [1.29, 1.82) is 0 Å². The number of amides is 1. The number of carbonyl (C=O) groups is 2. The molecule has 2 rings (SSSR count). The molecule has 0 saturated carbocycles. The number of nitrogens with one attached hydrogen (secondary N) is 1. The maximum atomic E-state index is 12.1. The van der Waals surface area contributed by atoms with Crippen molar-refractivity contribution in [3.63, 3.8) is 0 Å². The fraction of sp³-hybridized carbons (Fsp3) is 0.125. The molecule has 114 valence electrons. The van der Waals surface area contributed by atoms with Crippen LogP contribution in [-0.2, 0) is 11.2 Å². The summed E-state index contributed by atoms with van der Waals surface area (Å²) in [6, 6.07) is 12.6. The van der Waals surface area contributed by atoms with Gasteiger partial charge in [-0.1, -0.05) is 45.7 Å². The van der Waals surface area contributed by atoms with E-state index in [4.69, 9.17) is 11.6 Å². The van der Waals surface area contributed by atoms with Crippen molar-refractivity contribution in [2.24, 2.45) is 0 Å². The molecule has 2 aromatic rings. The van der Waals surface area contributed by atoms with E-state index in [-0.39, 0.29) is 6.42 Å². The van der Waals surface area contributed by atoms with Crippen LogP contribution >= 0.6 is 27.5 Å². The molecule has 0 aliphatic carbocycles. The summed E-state index contributed by atoms with van der Waals surface area (Å²) < 4.78 is 0.754. The van der Waals surface area contributed by atoms with Crippen LogP contribution in [0.25, 0.3) is 0 Å². The minimum atomic E-state index is -1.08. The molecule has 6 heteroatoms. The van der Waals surface area contributed by atoms with Crippen molar-refractivity contribution in [2.75, 3.05) is 0 Å². The Bertz CT molecular complexity index is 688. The Morgan fingerprint density at radius 1 is 1.18 bits per heavy atom. The van der Waals surface area contributed by atoms with Gasteiger partial charge in [0.2, 0.25) is 0 Å². The quantitative estimate of drug-likeness (QED) is 0.831. The predicted octanol–water partition coefficient (Wildman–Crippen LogP) is 3.53. The molecule has 0 aromatic heterocycles. The molecule has 0 spiro atoms. The highest BCUT2D eigenvalue weighted by molar-refractivity contribution is 9.10. The Labute approximate surface area is 141 Å². The Hall–Kier alpha value is -1.85. The lowest BCUT2D eigenvalue weighted by Gasteiger charge is -2.15. The first-order valence-corrected chi connectivity index (χ1v) is 7.66. The molecule has 22 heavy (non-hydrogen) atoms. The monoisotopic (exact) mass is 381 g/mol. The molecule has 0 aliphatic rings. The summed E-state index contributed by atoms with van der Waals surface area (Å²) in [7, 11) is 0. The average molecular weight is 383 g/mol. The van der Waals surface area contributed by atoms with Crippen LogP contribution in [0.15, 0.2) is 53.0 Å². The Morgan fingerprint density at radius 3 is 2.45 bits per heavy atom. The highest BCUT2D eigenvalue weighted by atomic mass is 79.9. The van der Waals surface area contributed by atoms with Crippen molar-refractivity contribution in [3.05, 3.63) is 69.2 Å². The van der Waals surface area contributed by atoms with Crippen LogP contribution in [0, 0.1) is 0 Å². The number of carboxylic acids is 1. The van der Waals surface area contributed by atoms with E-state index in [1.54, 1.807) is 48.5 Å². The van der Waals surface area contributed by atoms with E-state index in [2.05, 4.69) is 21.2 Å². The number of benzene rings is 2. The van der Waals surface area contributed by atoms with Crippen molar-refractivity contribution in [3.8, 4) is 0 Å². The molecular formula is C16H13BrClNO3. The first-order valence-electron chi connectivity index (χ1n) is 6.49. The molecule has 0 heterocycles. The van der Waals surface area contributed by atoms with Gasteiger partial charge in [-0.25, -0.2) is 4.79 Å². The predicted molar refractivity (Wildman–Crippen MR) is 88.2 cm³/mol. The van der Waals surface area contributed by atoms with E-state index >= 15 is 0 Å². The summed E-state index contributed by atoms with van der Waals surface area (Å²) in [5.41, 5.74) is 1.18. The van der Waals surface area contributed by atoms with Crippen molar-refractivity contribution < 1.29 is 14.7 Å². The third-order valence-electron chi connectivity index (χ3n) is 3.04. The summed E-state index contributed by atoms with van der Waals surface area (Å²) in [5.74, 6) is -1.51. The van der Waals surface area contributed by atoms with Crippen LogP contribution in [0.2, 0.25) is 5.02 Å². The van der Waals surface area contributed by atoms with Crippen molar-refractivity contribution in [2.45, 2.75) is 12.5 Å². The standard InChI is InChI=1S/C16H13BrClNO3/c17-12-3-1-2-11(9-12)15(20)19-14(16(21)22)8-10-4-6-13(18)7-5-10/h1-7,9,14H,8H2,(H,19,20)(H,21,22)/t14-/m1/s1. The van der Waals surface area contributed by atoms with Gasteiger partial charge in [-0.2, -0.15) is 0 Å². The summed E-state index contributed by atoms with van der Waals surface area (Å²) in [6.07, 6.45) is 0.187. The number of hydrogen-bond acceptors (Lipinski definition) is 2. The lowest BCUT2D eigenvalue weighted by molar-refractivity contribution is -0.139. The third-order valence-corrected chi connectivity index (χ3v) is 3.79. The van der Waals surface area contributed by atoms with Gasteiger partial charge in [0.25, 0.3) is 5.91 Å². The molecule has 0 unspecified atom stereocenters. The highest BCUT2D eigenvalue weighted by Crippen LogP contribution is 2.13. The van der Waals surface area contributed by atoms with E-state index in [1.807, 2.05) is 0 Å². The first-order chi connectivity index (χ1) is 10.5. The van der Waals surface area contributed by atoms with Gasteiger partial charge in [-0.15, -0.1) is 0 Å². The first kappa shape index (κ1) is 16.5. The second-order valence-electron chi connectivity index (χ2n) is 4.71. The van der Waals surface area contributed by atoms with Crippen LogP contribution < -0.4 is 5.32 Å². The number of hydrogen-bond donors (Lipinski definition) is 2. The van der Waals surface area contributed by atoms with E-state index in [0.29, 0.717) is 10.6 Å². The molecule has 0 bridgehead atoms. The number of rotatable bonds is 5. The number of aliphatic carboxylic acids is 1. The largest absolute Gasteiger partial charge is 0.480 e. The molecule has 0 saturated heterocycles. The van der Waals surface area contributed by atoms with Gasteiger partial charge in [0.05, 0.1) is 0 Å². The van der Waals surface area contributed by atoms with Gasteiger partial charge in [0.1, 0.15) is 6.04 Å². The van der Waals surface area contributed by atoms with Gasteiger partial charge < -0.3 is 10.4 Å². The minimum absolute atomic E-state index is 0.187. The lowest BCUT2D eigenvalue weighted by atomic mass is 10.1. The normalized spacial score (nSPS) is 11.7.